The van der Waals surface area contributed by atoms with Gasteiger partial charge in [-0.1, -0.05) is 0 Å². The Bertz CT molecular complexity index is 552. The van der Waals surface area contributed by atoms with Gasteiger partial charge in [0.25, 0.3) is 0 Å². The van der Waals surface area contributed by atoms with E-state index >= 15 is 0 Å². The van der Waals surface area contributed by atoms with E-state index in [0.29, 0.717) is 45.3 Å². The molecule has 8 heteroatoms. The highest BCUT2D eigenvalue weighted by molar-refractivity contribution is 5.94. The molecule has 0 aromatic carbocycles. The second-order valence-corrected chi connectivity index (χ2v) is 6.78. The van der Waals surface area contributed by atoms with Crippen LogP contribution in [0, 0.1) is 0 Å². The molecule has 3 rings (SSSR count). The first kappa shape index (κ1) is 16.7. The number of amides is 4. The molecule has 3 fully saturated rings. The lowest BCUT2D eigenvalue weighted by molar-refractivity contribution is -0.148. The molecule has 3 atom stereocenters. The molecule has 2 N–H and O–H groups in total. The summed E-state index contributed by atoms with van der Waals surface area (Å²) < 4.78 is 0. The van der Waals surface area contributed by atoms with Crippen LogP contribution in [0.15, 0.2) is 0 Å². The van der Waals surface area contributed by atoms with Crippen LogP contribution in [0.3, 0.4) is 0 Å². The average Bonchev–Trinajstić information content (AvgIpc) is 3.32. The number of rotatable bonds is 4. The molecule has 0 aromatic rings. The molecule has 0 saturated carbocycles. The van der Waals surface area contributed by atoms with Gasteiger partial charge in [-0.25, -0.2) is 0 Å². The highest BCUT2D eigenvalue weighted by atomic mass is 16.2. The van der Waals surface area contributed by atoms with Crippen LogP contribution < -0.4 is 5.73 Å². The third-order valence-electron chi connectivity index (χ3n) is 5.40. The largest absolute Gasteiger partial charge is 0.368 e. The quantitative estimate of drug-likeness (QED) is 0.670. The van der Waals surface area contributed by atoms with Crippen molar-refractivity contribution in [3.05, 3.63) is 0 Å². The van der Waals surface area contributed by atoms with Gasteiger partial charge in [-0.15, -0.1) is 0 Å². The highest BCUT2D eigenvalue weighted by Gasteiger charge is 2.44. The van der Waals surface area contributed by atoms with Crippen LogP contribution in [-0.4, -0.2) is 76.6 Å². The van der Waals surface area contributed by atoms with Gasteiger partial charge in [-0.2, -0.15) is 0 Å². The minimum Gasteiger partial charge on any atom is -0.368 e. The fourth-order valence-corrected chi connectivity index (χ4v) is 4.18. The van der Waals surface area contributed by atoms with E-state index in [2.05, 4.69) is 0 Å². The van der Waals surface area contributed by atoms with Crippen molar-refractivity contribution in [2.75, 3.05) is 19.6 Å². The van der Waals surface area contributed by atoms with Gasteiger partial charge in [0.15, 0.2) is 0 Å². The van der Waals surface area contributed by atoms with E-state index in [1.807, 2.05) is 0 Å². The van der Waals surface area contributed by atoms with Gasteiger partial charge in [-0.3, -0.25) is 19.2 Å². The summed E-state index contributed by atoms with van der Waals surface area (Å²) >= 11 is 0. The van der Waals surface area contributed by atoms with E-state index in [-0.39, 0.29) is 11.8 Å². The fourth-order valence-electron chi connectivity index (χ4n) is 4.18. The van der Waals surface area contributed by atoms with Gasteiger partial charge in [0.1, 0.15) is 18.1 Å². The van der Waals surface area contributed by atoms with Gasteiger partial charge < -0.3 is 20.4 Å². The topological polar surface area (TPSA) is 104 Å². The monoisotopic (exact) mass is 336 g/mol. The van der Waals surface area contributed by atoms with Crippen molar-refractivity contribution in [3.8, 4) is 0 Å². The summed E-state index contributed by atoms with van der Waals surface area (Å²) in [5, 5.41) is 0. The number of hydrogen-bond acceptors (Lipinski definition) is 4. The second-order valence-electron chi connectivity index (χ2n) is 6.78. The first-order chi connectivity index (χ1) is 11.5. The molecule has 0 unspecified atom stereocenters. The first-order valence-electron chi connectivity index (χ1n) is 8.66. The van der Waals surface area contributed by atoms with E-state index < -0.39 is 24.0 Å². The third-order valence-corrected chi connectivity index (χ3v) is 5.40. The van der Waals surface area contributed by atoms with Gasteiger partial charge in [0.2, 0.25) is 24.1 Å². The minimum absolute atomic E-state index is 0.148. The van der Waals surface area contributed by atoms with Crippen LogP contribution in [0.5, 0.6) is 0 Å². The van der Waals surface area contributed by atoms with E-state index in [4.69, 9.17) is 5.73 Å². The summed E-state index contributed by atoms with van der Waals surface area (Å²) in [6, 6.07) is -1.55. The van der Waals surface area contributed by atoms with E-state index in [1.165, 1.54) is 9.80 Å². The van der Waals surface area contributed by atoms with E-state index in [0.717, 1.165) is 19.3 Å². The maximum absolute atomic E-state index is 12.9. The standard InChI is InChI=1S/C16H24N4O4/c17-14(22)11-4-2-8-19(11)16(24)13-6-3-9-20(13)15(23)12-5-1-7-18(12)10-21/h10-13H,1-9H2,(H2,17,22)/t11-,12-,13-/m0/s1. The van der Waals surface area contributed by atoms with Crippen LogP contribution in [0.25, 0.3) is 0 Å². The van der Waals surface area contributed by atoms with E-state index in [9.17, 15) is 19.2 Å². The SMILES string of the molecule is NC(=O)[C@@H]1CCCN1C(=O)[C@@H]1CCCN1C(=O)[C@@H]1CCCN1C=O. The summed E-state index contributed by atoms with van der Waals surface area (Å²) in [5.74, 6) is -0.817. The van der Waals surface area contributed by atoms with Crippen LogP contribution in [0.1, 0.15) is 38.5 Å². The lowest BCUT2D eigenvalue weighted by Gasteiger charge is -2.32. The molecule has 3 heterocycles. The lowest BCUT2D eigenvalue weighted by atomic mass is 10.1. The Morgan fingerprint density at radius 1 is 0.792 bits per heavy atom. The summed E-state index contributed by atoms with van der Waals surface area (Å²) in [6.07, 6.45) is 4.85. The summed E-state index contributed by atoms with van der Waals surface area (Å²) in [6.45, 7) is 1.62. The predicted molar refractivity (Wildman–Crippen MR) is 84.5 cm³/mol. The third kappa shape index (κ3) is 2.85. The van der Waals surface area contributed by atoms with Crippen molar-refractivity contribution in [2.24, 2.45) is 5.73 Å². The maximum atomic E-state index is 12.9. The smallest absolute Gasteiger partial charge is 0.246 e. The van der Waals surface area contributed by atoms with Crippen LogP contribution >= 0.6 is 0 Å². The Labute approximate surface area is 140 Å². The normalized spacial score (nSPS) is 30.0. The Balaban J connectivity index is 1.73. The van der Waals surface area contributed by atoms with Gasteiger partial charge in [-0.05, 0) is 38.5 Å². The number of hydrogen-bond donors (Lipinski definition) is 1. The van der Waals surface area contributed by atoms with Crippen molar-refractivity contribution < 1.29 is 19.2 Å². The van der Waals surface area contributed by atoms with Crippen molar-refractivity contribution in [1.82, 2.24) is 14.7 Å². The number of carbonyl (C=O) groups excluding carboxylic acids is 4. The number of likely N-dealkylation sites (tertiary alicyclic amines) is 3. The minimum atomic E-state index is -0.562. The molecule has 0 bridgehead atoms. The Morgan fingerprint density at radius 3 is 1.92 bits per heavy atom. The lowest BCUT2D eigenvalue weighted by Crippen LogP contribution is -2.54. The molecular formula is C16H24N4O4. The highest BCUT2D eigenvalue weighted by Crippen LogP contribution is 2.27. The van der Waals surface area contributed by atoms with Gasteiger partial charge in [0.05, 0.1) is 0 Å². The molecule has 4 amide bonds. The fraction of sp³-hybridized carbons (Fsp3) is 0.750. The zero-order chi connectivity index (χ0) is 17.3. The maximum Gasteiger partial charge on any atom is 0.246 e. The Morgan fingerprint density at radius 2 is 1.29 bits per heavy atom. The van der Waals surface area contributed by atoms with Crippen molar-refractivity contribution in [2.45, 2.75) is 56.7 Å². The Kier molecular flexibility index (Phi) is 4.73. The number of nitrogens with zero attached hydrogens (tertiary/aromatic N) is 3. The second kappa shape index (κ2) is 6.78. The van der Waals surface area contributed by atoms with Crippen LogP contribution in [0.4, 0.5) is 0 Å². The predicted octanol–water partition coefficient (Wildman–Crippen LogP) is -0.925. The van der Waals surface area contributed by atoms with E-state index in [1.54, 1.807) is 4.90 Å². The van der Waals surface area contributed by atoms with Crippen LogP contribution in [-0.2, 0) is 19.2 Å². The molecule has 0 spiro atoms. The molecule has 0 aliphatic carbocycles. The molecular weight excluding hydrogens is 312 g/mol. The molecule has 0 aromatic heterocycles. The van der Waals surface area contributed by atoms with Crippen molar-refractivity contribution in [1.29, 1.82) is 0 Å². The summed E-state index contributed by atoms with van der Waals surface area (Å²) in [7, 11) is 0. The molecule has 24 heavy (non-hydrogen) atoms. The summed E-state index contributed by atoms with van der Waals surface area (Å²) in [4.78, 5) is 53.0. The van der Waals surface area contributed by atoms with Gasteiger partial charge in [0, 0.05) is 19.6 Å². The number of nitrogens with two attached hydrogens (primary N) is 1. The van der Waals surface area contributed by atoms with Gasteiger partial charge >= 0.3 is 0 Å². The molecule has 8 nitrogen and oxygen atoms in total. The summed E-state index contributed by atoms with van der Waals surface area (Å²) in [5.41, 5.74) is 5.40. The number of carbonyl (C=O) groups is 4. The number of primary amides is 1. The molecule has 3 saturated heterocycles. The van der Waals surface area contributed by atoms with Crippen molar-refractivity contribution in [3.63, 3.8) is 0 Å². The Hall–Kier alpha value is -2.12. The first-order valence-corrected chi connectivity index (χ1v) is 8.66. The zero-order valence-electron chi connectivity index (χ0n) is 13.7. The van der Waals surface area contributed by atoms with Crippen molar-refractivity contribution >= 4 is 24.1 Å². The molecule has 0 radical (unpaired) electrons. The van der Waals surface area contributed by atoms with Crippen LogP contribution in [0.2, 0.25) is 0 Å². The molecule has 3 aliphatic heterocycles. The molecule has 132 valence electrons. The average molecular weight is 336 g/mol. The zero-order valence-corrected chi connectivity index (χ0v) is 13.7. The molecule has 3 aliphatic rings.